The molecule has 2 aromatic rings. The molecule has 146 valence electrons. The van der Waals surface area contributed by atoms with Crippen LogP contribution in [0.25, 0.3) is 11.3 Å². The standard InChI is InChI=1S/C20H27N3O3S/c1-6-26-16-10-20(21,19(16,3)4)17(24)23-18-22-14(11-27-18)13-9-12(2)7-8-15(13)25-5/h7-9,11,16H,6,10,21H2,1-5H3,(H,22,23,24). The number of carbonyl (C=O) groups is 1. The van der Waals surface area contributed by atoms with Gasteiger partial charge >= 0.3 is 0 Å². The predicted molar refractivity (Wildman–Crippen MR) is 108 cm³/mol. The van der Waals surface area contributed by atoms with E-state index in [2.05, 4.69) is 10.3 Å². The van der Waals surface area contributed by atoms with E-state index in [1.165, 1.54) is 11.3 Å². The molecule has 3 rings (SSSR count). The molecular formula is C20H27N3O3S. The molecule has 2 unspecified atom stereocenters. The third kappa shape index (κ3) is 3.35. The summed E-state index contributed by atoms with van der Waals surface area (Å²) in [6.07, 6.45) is 0.491. The van der Waals surface area contributed by atoms with Gasteiger partial charge < -0.3 is 20.5 Å². The number of aromatic nitrogens is 1. The lowest BCUT2D eigenvalue weighted by molar-refractivity contribution is -0.166. The SMILES string of the molecule is CCOC1CC(N)(C(=O)Nc2nc(-c3cc(C)ccc3OC)cs2)C1(C)C. The Morgan fingerprint density at radius 3 is 2.81 bits per heavy atom. The average Bonchev–Trinajstić information content (AvgIpc) is 3.09. The summed E-state index contributed by atoms with van der Waals surface area (Å²) < 4.78 is 11.1. The van der Waals surface area contributed by atoms with Crippen molar-refractivity contribution < 1.29 is 14.3 Å². The van der Waals surface area contributed by atoms with Crippen molar-refractivity contribution in [2.45, 2.75) is 45.8 Å². The first kappa shape index (κ1) is 19.8. The third-order valence-electron chi connectivity index (χ3n) is 5.59. The number of ether oxygens (including phenoxy) is 2. The number of methoxy groups -OCH3 is 1. The minimum Gasteiger partial charge on any atom is -0.496 e. The van der Waals surface area contributed by atoms with Crippen LogP contribution in [0.1, 0.15) is 32.8 Å². The minimum atomic E-state index is -0.973. The Bertz CT molecular complexity index is 849. The molecule has 1 aromatic heterocycles. The van der Waals surface area contributed by atoms with Crippen molar-refractivity contribution in [3.63, 3.8) is 0 Å². The van der Waals surface area contributed by atoms with Crippen LogP contribution in [-0.4, -0.2) is 36.3 Å². The highest BCUT2D eigenvalue weighted by molar-refractivity contribution is 7.14. The maximum absolute atomic E-state index is 12.9. The number of nitrogens with one attached hydrogen (secondary N) is 1. The number of aryl methyl sites for hydroxylation is 1. The van der Waals surface area contributed by atoms with Gasteiger partial charge in [0.25, 0.3) is 0 Å². The highest BCUT2D eigenvalue weighted by Crippen LogP contribution is 2.50. The van der Waals surface area contributed by atoms with E-state index in [0.29, 0.717) is 18.2 Å². The van der Waals surface area contributed by atoms with Gasteiger partial charge in [-0.2, -0.15) is 0 Å². The van der Waals surface area contributed by atoms with Gasteiger partial charge in [-0.05, 0) is 26.0 Å². The Hall–Kier alpha value is -1.96. The molecule has 1 heterocycles. The van der Waals surface area contributed by atoms with Gasteiger partial charge in [-0.1, -0.05) is 25.5 Å². The van der Waals surface area contributed by atoms with E-state index in [9.17, 15) is 4.79 Å². The predicted octanol–water partition coefficient (Wildman–Crippen LogP) is 3.60. The second-order valence-electron chi connectivity index (χ2n) is 7.54. The largest absolute Gasteiger partial charge is 0.496 e. The van der Waals surface area contributed by atoms with Crippen molar-refractivity contribution in [2.24, 2.45) is 11.1 Å². The summed E-state index contributed by atoms with van der Waals surface area (Å²) in [6, 6.07) is 5.93. The average molecular weight is 390 g/mol. The van der Waals surface area contributed by atoms with Gasteiger partial charge in [0.2, 0.25) is 5.91 Å². The first-order valence-electron chi connectivity index (χ1n) is 9.05. The fraction of sp³-hybridized carbons (Fsp3) is 0.500. The second-order valence-corrected chi connectivity index (χ2v) is 8.40. The van der Waals surface area contributed by atoms with E-state index in [1.54, 1.807) is 7.11 Å². The monoisotopic (exact) mass is 389 g/mol. The molecule has 0 spiro atoms. The van der Waals surface area contributed by atoms with Gasteiger partial charge in [-0.3, -0.25) is 4.79 Å². The number of hydrogen-bond acceptors (Lipinski definition) is 6. The maximum atomic E-state index is 12.9. The van der Waals surface area contributed by atoms with Crippen LogP contribution in [0.4, 0.5) is 5.13 Å². The Morgan fingerprint density at radius 1 is 1.44 bits per heavy atom. The number of nitrogens with two attached hydrogens (primary N) is 1. The van der Waals surface area contributed by atoms with Gasteiger partial charge in [0.15, 0.2) is 5.13 Å². The zero-order valence-corrected chi connectivity index (χ0v) is 17.3. The molecule has 1 saturated carbocycles. The Labute approximate surface area is 164 Å². The van der Waals surface area contributed by atoms with E-state index in [4.69, 9.17) is 15.2 Å². The molecule has 7 heteroatoms. The lowest BCUT2D eigenvalue weighted by Crippen LogP contribution is -2.74. The van der Waals surface area contributed by atoms with Crippen molar-refractivity contribution in [2.75, 3.05) is 19.0 Å². The molecule has 27 heavy (non-hydrogen) atoms. The molecular weight excluding hydrogens is 362 g/mol. The van der Waals surface area contributed by atoms with Crippen molar-refractivity contribution >= 4 is 22.4 Å². The fourth-order valence-electron chi connectivity index (χ4n) is 3.51. The fourth-order valence-corrected chi connectivity index (χ4v) is 4.21. The summed E-state index contributed by atoms with van der Waals surface area (Å²) in [5, 5.41) is 5.33. The number of thiazole rings is 1. The molecule has 6 nitrogen and oxygen atoms in total. The van der Waals surface area contributed by atoms with Crippen molar-refractivity contribution in [1.82, 2.24) is 4.98 Å². The number of carbonyl (C=O) groups excluding carboxylic acids is 1. The van der Waals surface area contributed by atoms with Gasteiger partial charge in [0.1, 0.15) is 11.3 Å². The van der Waals surface area contributed by atoms with Gasteiger partial charge in [-0.25, -0.2) is 4.98 Å². The van der Waals surface area contributed by atoms with Crippen molar-refractivity contribution in [3.05, 3.63) is 29.1 Å². The van der Waals surface area contributed by atoms with Crippen molar-refractivity contribution in [3.8, 4) is 17.0 Å². The van der Waals surface area contributed by atoms with Crippen LogP contribution in [0.5, 0.6) is 5.75 Å². The minimum absolute atomic E-state index is 0.0124. The Kier molecular flexibility index (Phi) is 5.29. The molecule has 3 N–H and O–H groups in total. The summed E-state index contributed by atoms with van der Waals surface area (Å²) in [7, 11) is 1.63. The molecule has 0 aliphatic heterocycles. The van der Waals surface area contributed by atoms with E-state index in [1.807, 2.05) is 51.3 Å². The topological polar surface area (TPSA) is 86.5 Å². The number of nitrogens with zero attached hydrogens (tertiary/aromatic N) is 1. The van der Waals surface area contributed by atoms with Crippen molar-refractivity contribution in [1.29, 1.82) is 0 Å². The number of amides is 1. The van der Waals surface area contributed by atoms with Gasteiger partial charge in [-0.15, -0.1) is 11.3 Å². The summed E-state index contributed by atoms with van der Waals surface area (Å²) >= 11 is 1.37. The van der Waals surface area contributed by atoms with Crippen LogP contribution in [-0.2, 0) is 9.53 Å². The molecule has 1 amide bonds. The quantitative estimate of drug-likeness (QED) is 0.788. The maximum Gasteiger partial charge on any atom is 0.246 e. The zero-order chi connectivity index (χ0) is 19.8. The molecule has 1 aliphatic carbocycles. The molecule has 2 atom stereocenters. The molecule has 0 radical (unpaired) electrons. The number of anilines is 1. The summed E-state index contributed by atoms with van der Waals surface area (Å²) in [5.41, 5.74) is 7.81. The summed E-state index contributed by atoms with van der Waals surface area (Å²) in [4.78, 5) is 17.4. The first-order chi connectivity index (χ1) is 12.7. The van der Waals surface area contributed by atoms with E-state index in [-0.39, 0.29) is 12.0 Å². The lowest BCUT2D eigenvalue weighted by Gasteiger charge is -2.57. The third-order valence-corrected chi connectivity index (χ3v) is 6.35. The summed E-state index contributed by atoms with van der Waals surface area (Å²) in [6.45, 7) is 8.52. The molecule has 1 aromatic carbocycles. The van der Waals surface area contributed by atoms with Crippen LogP contribution < -0.4 is 15.8 Å². The van der Waals surface area contributed by atoms with E-state index >= 15 is 0 Å². The van der Waals surface area contributed by atoms with E-state index in [0.717, 1.165) is 22.6 Å². The Balaban J connectivity index is 1.77. The van der Waals surface area contributed by atoms with Gasteiger partial charge in [0, 0.05) is 29.4 Å². The molecule has 0 bridgehead atoms. The van der Waals surface area contributed by atoms with Crippen LogP contribution in [0.15, 0.2) is 23.6 Å². The van der Waals surface area contributed by atoms with Crippen LogP contribution in [0.3, 0.4) is 0 Å². The van der Waals surface area contributed by atoms with Crippen LogP contribution in [0.2, 0.25) is 0 Å². The van der Waals surface area contributed by atoms with Gasteiger partial charge in [0.05, 0.1) is 18.9 Å². The smallest absolute Gasteiger partial charge is 0.246 e. The zero-order valence-electron chi connectivity index (χ0n) is 16.5. The highest BCUT2D eigenvalue weighted by atomic mass is 32.1. The molecule has 0 saturated heterocycles. The molecule has 1 fully saturated rings. The number of hydrogen-bond donors (Lipinski definition) is 2. The normalized spacial score (nSPS) is 23.6. The van der Waals surface area contributed by atoms with Crippen LogP contribution >= 0.6 is 11.3 Å². The highest BCUT2D eigenvalue weighted by Gasteiger charge is 2.63. The number of rotatable bonds is 6. The van der Waals surface area contributed by atoms with Crippen LogP contribution in [0, 0.1) is 12.3 Å². The number of benzene rings is 1. The summed E-state index contributed by atoms with van der Waals surface area (Å²) in [5.74, 6) is 0.527. The first-order valence-corrected chi connectivity index (χ1v) is 9.93. The second kappa shape index (κ2) is 7.22. The molecule has 1 aliphatic rings. The van der Waals surface area contributed by atoms with E-state index < -0.39 is 11.0 Å². The Morgan fingerprint density at radius 2 is 2.19 bits per heavy atom. The lowest BCUT2D eigenvalue weighted by atomic mass is 9.54.